The maximum absolute atomic E-state index is 5.99. The van der Waals surface area contributed by atoms with Crippen molar-refractivity contribution in [2.75, 3.05) is 11.6 Å². The molecule has 1 aliphatic carbocycles. The second-order valence-corrected chi connectivity index (χ2v) is 5.97. The van der Waals surface area contributed by atoms with Crippen LogP contribution in [0.2, 0.25) is 5.15 Å². The summed E-state index contributed by atoms with van der Waals surface area (Å²) in [6, 6.07) is 1.81. The van der Waals surface area contributed by atoms with E-state index in [-0.39, 0.29) is 5.54 Å². The van der Waals surface area contributed by atoms with Crippen LogP contribution in [0.3, 0.4) is 0 Å². The molecule has 1 heterocycles. The summed E-state index contributed by atoms with van der Waals surface area (Å²) in [5, 5.41) is 4.75. The summed E-state index contributed by atoms with van der Waals surface area (Å²) in [5.41, 5.74) is 0.158. The molecule has 1 aromatic heterocycles. The highest BCUT2D eigenvalue weighted by Crippen LogP contribution is 2.31. The number of anilines is 1. The lowest BCUT2D eigenvalue weighted by molar-refractivity contribution is 0.348. The summed E-state index contributed by atoms with van der Waals surface area (Å²) >= 11 is 7.50. The van der Waals surface area contributed by atoms with Crippen LogP contribution >= 0.6 is 23.4 Å². The summed E-state index contributed by atoms with van der Waals surface area (Å²) in [6.07, 6.45) is 8.28. The molecular weight excluding hydrogens is 254 g/mol. The molecule has 94 valence electrons. The van der Waals surface area contributed by atoms with E-state index in [1.165, 1.54) is 43.9 Å². The van der Waals surface area contributed by atoms with Crippen LogP contribution in [0, 0.1) is 0 Å². The molecule has 3 nitrogen and oxygen atoms in total. The van der Waals surface area contributed by atoms with Gasteiger partial charge in [0.25, 0.3) is 0 Å². The Morgan fingerprint density at radius 1 is 1.29 bits per heavy atom. The second-order valence-electron chi connectivity index (χ2n) is 4.81. The van der Waals surface area contributed by atoms with Crippen LogP contribution in [0.15, 0.2) is 11.2 Å². The largest absolute Gasteiger partial charge is 0.365 e. The third-order valence-corrected chi connectivity index (χ3v) is 3.99. The van der Waals surface area contributed by atoms with Gasteiger partial charge in [0.2, 0.25) is 0 Å². The Morgan fingerprint density at radius 2 is 2.00 bits per heavy atom. The summed E-state index contributed by atoms with van der Waals surface area (Å²) in [4.78, 5) is 8.59. The van der Waals surface area contributed by atoms with E-state index in [1.807, 2.05) is 6.26 Å². The Bertz CT molecular complexity index is 391. The highest BCUT2D eigenvalue weighted by Gasteiger charge is 2.26. The molecule has 2 rings (SSSR count). The van der Waals surface area contributed by atoms with E-state index < -0.39 is 0 Å². The molecule has 1 fully saturated rings. The first-order valence-corrected chi connectivity index (χ1v) is 7.58. The third kappa shape index (κ3) is 3.49. The van der Waals surface area contributed by atoms with Gasteiger partial charge in [-0.05, 0) is 26.0 Å². The molecule has 0 saturated heterocycles. The summed E-state index contributed by atoms with van der Waals surface area (Å²) in [5.74, 6) is 0.846. The van der Waals surface area contributed by atoms with Crippen LogP contribution in [0.5, 0.6) is 0 Å². The van der Waals surface area contributed by atoms with Gasteiger partial charge in [0.15, 0.2) is 5.16 Å². The van der Waals surface area contributed by atoms with Crippen molar-refractivity contribution in [1.29, 1.82) is 0 Å². The molecular formula is C12H18ClN3S. The first-order chi connectivity index (χ1) is 8.11. The second kappa shape index (κ2) is 5.44. The number of halogens is 1. The zero-order valence-corrected chi connectivity index (χ0v) is 11.9. The molecule has 17 heavy (non-hydrogen) atoms. The monoisotopic (exact) mass is 271 g/mol. The maximum atomic E-state index is 5.99. The van der Waals surface area contributed by atoms with Crippen LogP contribution < -0.4 is 5.32 Å². The van der Waals surface area contributed by atoms with Gasteiger partial charge < -0.3 is 5.32 Å². The Morgan fingerprint density at radius 3 is 2.65 bits per heavy atom. The summed E-state index contributed by atoms with van der Waals surface area (Å²) in [6.45, 7) is 2.26. The molecule has 0 spiro atoms. The summed E-state index contributed by atoms with van der Waals surface area (Å²) < 4.78 is 0. The minimum atomic E-state index is 0.158. The van der Waals surface area contributed by atoms with Gasteiger partial charge in [-0.2, -0.15) is 0 Å². The smallest absolute Gasteiger partial charge is 0.190 e. The van der Waals surface area contributed by atoms with Crippen molar-refractivity contribution in [2.45, 2.75) is 49.7 Å². The number of aromatic nitrogens is 2. The molecule has 0 bridgehead atoms. The van der Waals surface area contributed by atoms with Crippen molar-refractivity contribution in [2.24, 2.45) is 0 Å². The van der Waals surface area contributed by atoms with Gasteiger partial charge in [-0.15, -0.1) is 0 Å². The normalized spacial score (nSPS) is 19.0. The molecule has 0 unspecified atom stereocenters. The first-order valence-electron chi connectivity index (χ1n) is 5.98. The minimum absolute atomic E-state index is 0.158. The fraction of sp³-hybridized carbons (Fsp3) is 0.667. The van der Waals surface area contributed by atoms with Gasteiger partial charge in [-0.1, -0.05) is 42.6 Å². The van der Waals surface area contributed by atoms with Crippen LogP contribution in [-0.4, -0.2) is 21.8 Å². The van der Waals surface area contributed by atoms with E-state index in [0.29, 0.717) is 5.15 Å². The van der Waals surface area contributed by atoms with Crippen LogP contribution in [0.4, 0.5) is 5.82 Å². The highest BCUT2D eigenvalue weighted by atomic mass is 35.5. The lowest BCUT2D eigenvalue weighted by Gasteiger charge is -2.35. The van der Waals surface area contributed by atoms with Crippen LogP contribution in [0.25, 0.3) is 0 Å². The van der Waals surface area contributed by atoms with Gasteiger partial charge >= 0.3 is 0 Å². The number of hydrogen-bond acceptors (Lipinski definition) is 4. The van der Waals surface area contributed by atoms with Gasteiger partial charge in [-0.25, -0.2) is 9.97 Å². The number of nitrogens with one attached hydrogen (secondary N) is 1. The molecule has 0 aromatic carbocycles. The van der Waals surface area contributed by atoms with Gasteiger partial charge in [0, 0.05) is 11.6 Å². The lowest BCUT2D eigenvalue weighted by Crippen LogP contribution is -2.37. The maximum Gasteiger partial charge on any atom is 0.190 e. The van der Waals surface area contributed by atoms with Gasteiger partial charge in [0.05, 0.1) is 0 Å². The van der Waals surface area contributed by atoms with Crippen LogP contribution in [0.1, 0.15) is 39.0 Å². The van der Waals surface area contributed by atoms with E-state index >= 15 is 0 Å². The predicted molar refractivity (Wildman–Crippen MR) is 73.9 cm³/mol. The molecule has 1 aliphatic rings. The molecule has 5 heteroatoms. The average molecular weight is 272 g/mol. The quantitative estimate of drug-likeness (QED) is 0.513. The van der Waals surface area contributed by atoms with Gasteiger partial charge in [-0.3, -0.25) is 0 Å². The SMILES string of the molecule is CSc1nc(Cl)cc(NC2(C)CCCCC2)n1. The Kier molecular flexibility index (Phi) is 4.15. The molecule has 1 aromatic rings. The van der Waals surface area contributed by atoms with Crippen molar-refractivity contribution in [3.63, 3.8) is 0 Å². The van der Waals surface area contributed by atoms with Gasteiger partial charge in [0.1, 0.15) is 11.0 Å². The Balaban J connectivity index is 2.14. The van der Waals surface area contributed by atoms with E-state index in [9.17, 15) is 0 Å². The zero-order chi connectivity index (χ0) is 12.3. The highest BCUT2D eigenvalue weighted by molar-refractivity contribution is 7.98. The average Bonchev–Trinajstić information content (AvgIpc) is 2.28. The molecule has 0 amide bonds. The van der Waals surface area contributed by atoms with Crippen molar-refractivity contribution in [3.05, 3.63) is 11.2 Å². The molecule has 0 aliphatic heterocycles. The van der Waals surface area contributed by atoms with Crippen LogP contribution in [-0.2, 0) is 0 Å². The number of thioether (sulfide) groups is 1. The fourth-order valence-corrected chi connectivity index (χ4v) is 2.93. The minimum Gasteiger partial charge on any atom is -0.365 e. The van der Waals surface area contributed by atoms with E-state index in [2.05, 4.69) is 22.2 Å². The standard InChI is InChI=1S/C12H18ClN3S/c1-12(6-4-3-5-7-12)16-10-8-9(13)14-11(15-10)17-2/h8H,3-7H2,1-2H3,(H,14,15,16). The van der Waals surface area contributed by atoms with E-state index in [4.69, 9.17) is 11.6 Å². The fourth-order valence-electron chi connectivity index (χ4n) is 2.32. The Hall–Kier alpha value is -0.480. The molecule has 0 radical (unpaired) electrons. The zero-order valence-electron chi connectivity index (χ0n) is 10.3. The number of nitrogens with zero attached hydrogens (tertiary/aromatic N) is 2. The van der Waals surface area contributed by atoms with Crippen molar-refractivity contribution in [3.8, 4) is 0 Å². The third-order valence-electron chi connectivity index (χ3n) is 3.24. The topological polar surface area (TPSA) is 37.8 Å². The number of hydrogen-bond donors (Lipinski definition) is 1. The number of rotatable bonds is 3. The summed E-state index contributed by atoms with van der Waals surface area (Å²) in [7, 11) is 0. The molecule has 0 atom stereocenters. The first kappa shape index (κ1) is 13.0. The van der Waals surface area contributed by atoms with Crippen molar-refractivity contribution >= 4 is 29.2 Å². The predicted octanol–water partition coefficient (Wildman–Crippen LogP) is 3.99. The molecule has 1 saturated carbocycles. The van der Waals surface area contributed by atoms with E-state index in [1.54, 1.807) is 6.07 Å². The molecule has 1 N–H and O–H groups in total. The lowest BCUT2D eigenvalue weighted by atomic mass is 9.83. The van der Waals surface area contributed by atoms with Crippen molar-refractivity contribution < 1.29 is 0 Å². The Labute approximate surface area is 112 Å². The van der Waals surface area contributed by atoms with Crippen molar-refractivity contribution in [1.82, 2.24) is 9.97 Å². The van der Waals surface area contributed by atoms with E-state index in [0.717, 1.165) is 11.0 Å².